The summed E-state index contributed by atoms with van der Waals surface area (Å²) in [7, 11) is 0. The molecule has 0 fully saturated rings. The normalized spacial score (nSPS) is 10.5. The molecule has 2 amide bonds. The van der Waals surface area contributed by atoms with Crippen LogP contribution in [0.1, 0.15) is 0 Å². The summed E-state index contributed by atoms with van der Waals surface area (Å²) in [6.45, 7) is 0. The van der Waals surface area contributed by atoms with E-state index in [1.54, 1.807) is 22.9 Å². The Morgan fingerprint density at radius 2 is 1.83 bits per heavy atom. The minimum Gasteiger partial charge on any atom is -0.301 e. The van der Waals surface area contributed by atoms with Gasteiger partial charge in [0.05, 0.1) is 22.1 Å². The average molecular weight is 397 g/mol. The van der Waals surface area contributed by atoms with Gasteiger partial charge in [0.1, 0.15) is 0 Å². The number of aromatic nitrogens is 2. The van der Waals surface area contributed by atoms with Crippen LogP contribution in [-0.4, -0.2) is 33.3 Å². The Morgan fingerprint density at radius 1 is 1.04 bits per heavy atom. The molecule has 10 heteroatoms. The van der Waals surface area contributed by atoms with Crippen molar-refractivity contribution in [1.29, 1.82) is 0 Å². The highest BCUT2D eigenvalue weighted by atomic mass is 32.2. The van der Waals surface area contributed by atoms with Crippen LogP contribution in [0, 0.1) is 0 Å². The number of carbonyl (C=O) groups is 2. The van der Waals surface area contributed by atoms with Gasteiger partial charge >= 0.3 is 0 Å². The monoisotopic (exact) mass is 396 g/mol. The van der Waals surface area contributed by atoms with E-state index < -0.39 is 0 Å². The lowest BCUT2D eigenvalue weighted by atomic mass is 10.4. The number of hydrogen-bond donors (Lipinski definition) is 2. The lowest BCUT2D eigenvalue weighted by molar-refractivity contribution is -0.114. The Morgan fingerprint density at radius 3 is 2.50 bits per heavy atom. The first-order valence-corrected chi connectivity index (χ1v) is 10.6. The summed E-state index contributed by atoms with van der Waals surface area (Å²) in [6, 6.07) is 3.95. The van der Waals surface area contributed by atoms with Gasteiger partial charge in [0.2, 0.25) is 11.8 Å². The third-order valence-corrected chi connectivity index (χ3v) is 5.94. The quantitative estimate of drug-likeness (QED) is 0.637. The molecule has 0 spiro atoms. The molecule has 2 N–H and O–H groups in total. The molecular weight excluding hydrogens is 384 g/mol. The van der Waals surface area contributed by atoms with Crippen molar-refractivity contribution in [3.05, 3.63) is 34.5 Å². The Balaban J connectivity index is 1.40. The van der Waals surface area contributed by atoms with Gasteiger partial charge in [-0.1, -0.05) is 6.07 Å². The van der Waals surface area contributed by atoms with E-state index >= 15 is 0 Å². The smallest absolute Gasteiger partial charge is 0.236 e. The van der Waals surface area contributed by atoms with Crippen LogP contribution in [0.4, 0.5) is 10.3 Å². The maximum atomic E-state index is 11.9. The number of anilines is 2. The highest BCUT2D eigenvalue weighted by Gasteiger charge is 2.10. The molecule has 0 saturated heterocycles. The Labute approximate surface area is 154 Å². The van der Waals surface area contributed by atoms with Crippen LogP contribution in [0.15, 0.2) is 34.5 Å². The molecule has 24 heavy (non-hydrogen) atoms. The number of carbonyl (C=O) groups excluding carboxylic acids is 2. The molecular formula is C14H12N4O2S4. The lowest BCUT2D eigenvalue weighted by Crippen LogP contribution is -2.18. The summed E-state index contributed by atoms with van der Waals surface area (Å²) in [6.07, 6.45) is 1.62. The first-order chi connectivity index (χ1) is 11.7. The van der Waals surface area contributed by atoms with Crippen LogP contribution in [0.5, 0.6) is 0 Å². The lowest BCUT2D eigenvalue weighted by Gasteiger charge is -2.02. The van der Waals surface area contributed by atoms with Gasteiger partial charge in [-0.2, -0.15) is 0 Å². The van der Waals surface area contributed by atoms with Crippen molar-refractivity contribution in [2.75, 3.05) is 22.1 Å². The standard InChI is InChI=1S/C14H12N4O2S4/c19-11(17-13-15-3-5-23-13)7-21-8-12(20)18-14-16-9(6-24-14)10-2-1-4-22-10/h1-6H,7-8H2,(H,15,17,19)(H,16,18,20). The molecule has 0 saturated carbocycles. The van der Waals surface area contributed by atoms with Gasteiger partial charge in [-0.3, -0.25) is 9.59 Å². The number of amides is 2. The molecule has 0 radical (unpaired) electrons. The minimum absolute atomic E-state index is 0.169. The second-order valence-electron chi connectivity index (χ2n) is 4.44. The van der Waals surface area contributed by atoms with Gasteiger partial charge < -0.3 is 10.6 Å². The molecule has 0 aliphatic rings. The second kappa shape index (κ2) is 8.38. The second-order valence-corrected chi connectivity index (χ2v) is 8.13. The molecule has 124 valence electrons. The first-order valence-electron chi connectivity index (χ1n) is 6.77. The topological polar surface area (TPSA) is 84.0 Å². The highest BCUT2D eigenvalue weighted by molar-refractivity contribution is 8.00. The van der Waals surface area contributed by atoms with E-state index in [0.29, 0.717) is 10.3 Å². The fourth-order valence-corrected chi connectivity index (χ4v) is 4.35. The number of hydrogen-bond acceptors (Lipinski definition) is 8. The van der Waals surface area contributed by atoms with E-state index in [2.05, 4.69) is 20.6 Å². The molecule has 3 heterocycles. The van der Waals surface area contributed by atoms with Gasteiger partial charge in [0.15, 0.2) is 10.3 Å². The Hall–Kier alpha value is -1.75. The summed E-state index contributed by atoms with van der Waals surface area (Å²) >= 11 is 5.60. The summed E-state index contributed by atoms with van der Waals surface area (Å²) in [5.41, 5.74) is 0.862. The van der Waals surface area contributed by atoms with E-state index in [1.807, 2.05) is 22.9 Å². The molecule has 0 bridgehead atoms. The van der Waals surface area contributed by atoms with E-state index in [-0.39, 0.29) is 23.3 Å². The zero-order valence-electron chi connectivity index (χ0n) is 12.2. The predicted octanol–water partition coefficient (Wildman–Crippen LogP) is 3.64. The van der Waals surface area contributed by atoms with Gasteiger partial charge in [-0.25, -0.2) is 9.97 Å². The van der Waals surface area contributed by atoms with Crippen LogP contribution < -0.4 is 10.6 Å². The first kappa shape index (κ1) is 17.1. The number of rotatable bonds is 7. The third-order valence-electron chi connectivity index (χ3n) is 2.67. The van der Waals surface area contributed by atoms with Crippen molar-refractivity contribution in [2.24, 2.45) is 0 Å². The number of thiazole rings is 2. The Bertz CT molecular complexity index is 799. The van der Waals surface area contributed by atoms with Gasteiger partial charge in [-0.05, 0) is 11.4 Å². The van der Waals surface area contributed by atoms with Gasteiger partial charge in [0.25, 0.3) is 0 Å². The van der Waals surface area contributed by atoms with Crippen molar-refractivity contribution in [3.63, 3.8) is 0 Å². The minimum atomic E-state index is -0.172. The summed E-state index contributed by atoms with van der Waals surface area (Å²) in [5.74, 6) is 0.0518. The van der Waals surface area contributed by atoms with E-state index in [1.165, 1.54) is 34.4 Å². The van der Waals surface area contributed by atoms with Crippen molar-refractivity contribution in [1.82, 2.24) is 9.97 Å². The molecule has 3 aromatic rings. The largest absolute Gasteiger partial charge is 0.301 e. The van der Waals surface area contributed by atoms with Crippen LogP contribution in [0.2, 0.25) is 0 Å². The zero-order chi connectivity index (χ0) is 16.8. The fraction of sp³-hybridized carbons (Fsp3) is 0.143. The van der Waals surface area contributed by atoms with E-state index in [0.717, 1.165) is 10.6 Å². The van der Waals surface area contributed by atoms with Crippen molar-refractivity contribution in [2.45, 2.75) is 0 Å². The van der Waals surface area contributed by atoms with Crippen LogP contribution >= 0.6 is 45.8 Å². The summed E-state index contributed by atoms with van der Waals surface area (Å²) in [4.78, 5) is 33.0. The predicted molar refractivity (Wildman–Crippen MR) is 102 cm³/mol. The third kappa shape index (κ3) is 4.87. The number of nitrogens with zero attached hydrogens (tertiary/aromatic N) is 2. The number of thioether (sulfide) groups is 1. The number of nitrogens with one attached hydrogen (secondary N) is 2. The van der Waals surface area contributed by atoms with Crippen LogP contribution in [0.25, 0.3) is 10.6 Å². The van der Waals surface area contributed by atoms with E-state index in [4.69, 9.17) is 0 Å². The average Bonchev–Trinajstić information content (AvgIpc) is 3.29. The molecule has 0 aliphatic carbocycles. The van der Waals surface area contributed by atoms with Gasteiger partial charge in [-0.15, -0.1) is 45.8 Å². The van der Waals surface area contributed by atoms with Crippen molar-refractivity contribution < 1.29 is 9.59 Å². The Kier molecular flexibility index (Phi) is 5.96. The fourth-order valence-electron chi connectivity index (χ4n) is 1.70. The van der Waals surface area contributed by atoms with Crippen molar-refractivity contribution >= 4 is 67.8 Å². The highest BCUT2D eigenvalue weighted by Crippen LogP contribution is 2.28. The summed E-state index contributed by atoms with van der Waals surface area (Å²) < 4.78 is 0. The molecule has 0 aromatic carbocycles. The molecule has 0 atom stereocenters. The molecule has 3 aromatic heterocycles. The zero-order valence-corrected chi connectivity index (χ0v) is 15.5. The van der Waals surface area contributed by atoms with Crippen LogP contribution in [-0.2, 0) is 9.59 Å². The molecule has 6 nitrogen and oxygen atoms in total. The van der Waals surface area contributed by atoms with Gasteiger partial charge in [0, 0.05) is 17.0 Å². The van der Waals surface area contributed by atoms with E-state index in [9.17, 15) is 9.59 Å². The molecule has 3 rings (SSSR count). The maximum absolute atomic E-state index is 11.9. The molecule has 0 aliphatic heterocycles. The van der Waals surface area contributed by atoms with Crippen LogP contribution in [0.3, 0.4) is 0 Å². The maximum Gasteiger partial charge on any atom is 0.236 e. The SMILES string of the molecule is O=C(CSCC(=O)Nc1nc(-c2cccs2)cs1)Nc1nccs1. The summed E-state index contributed by atoms with van der Waals surface area (Å²) in [5, 5.41) is 12.2. The number of thiophene rings is 1. The molecule has 0 unspecified atom stereocenters. The van der Waals surface area contributed by atoms with Crippen molar-refractivity contribution in [3.8, 4) is 10.6 Å².